The van der Waals surface area contributed by atoms with Crippen LogP contribution in [0.3, 0.4) is 0 Å². The number of amides is 2. The first kappa shape index (κ1) is 26.0. The van der Waals surface area contributed by atoms with Gasteiger partial charge in [-0.25, -0.2) is 13.2 Å². The van der Waals surface area contributed by atoms with Crippen molar-refractivity contribution in [3.8, 4) is 17.2 Å². The van der Waals surface area contributed by atoms with Crippen LogP contribution in [0.4, 0.5) is 30.2 Å². The number of fused-ring (bicyclic) bond motifs is 1. The number of nitrogens with one attached hydrogen (secondary N) is 3. The lowest BCUT2D eigenvalue weighted by molar-refractivity contribution is -0.131. The van der Waals surface area contributed by atoms with Crippen LogP contribution in [0.25, 0.3) is 5.76 Å². The molecule has 1 fully saturated rings. The van der Waals surface area contributed by atoms with Crippen LogP contribution in [0.2, 0.25) is 0 Å². The van der Waals surface area contributed by atoms with Crippen LogP contribution in [-0.2, 0) is 9.59 Å². The van der Waals surface area contributed by atoms with Crippen molar-refractivity contribution >= 4 is 34.6 Å². The topological polar surface area (TPSA) is 97.9 Å². The average Bonchev–Trinajstić information content (AvgIpc) is 3.74. The number of rotatable bonds is 8. The van der Waals surface area contributed by atoms with E-state index >= 15 is 4.39 Å². The van der Waals surface area contributed by atoms with Crippen molar-refractivity contribution in [3.63, 3.8) is 0 Å². The predicted molar refractivity (Wildman–Crippen MR) is 138 cm³/mol. The molecule has 0 atom stereocenters. The summed E-state index contributed by atoms with van der Waals surface area (Å²) in [6.45, 7) is 0.373. The third-order valence-electron chi connectivity index (χ3n) is 6.58. The van der Waals surface area contributed by atoms with E-state index < -0.39 is 46.1 Å². The van der Waals surface area contributed by atoms with Gasteiger partial charge in [0.1, 0.15) is 17.0 Å². The average molecular weight is 540 g/mol. The molecule has 1 heterocycles. The number of halogens is 3. The van der Waals surface area contributed by atoms with E-state index in [2.05, 4.69) is 16.0 Å². The molecule has 11 heteroatoms. The first-order valence-electron chi connectivity index (χ1n) is 12.0. The molecule has 2 amide bonds. The van der Waals surface area contributed by atoms with E-state index in [4.69, 9.17) is 14.2 Å². The zero-order chi connectivity index (χ0) is 27.7. The fourth-order valence-electron chi connectivity index (χ4n) is 4.22. The molecule has 0 saturated heterocycles. The van der Waals surface area contributed by atoms with Gasteiger partial charge in [-0.05, 0) is 49.2 Å². The summed E-state index contributed by atoms with van der Waals surface area (Å²) in [4.78, 5) is 25.7. The molecular formula is C28H24F3N3O5. The van der Waals surface area contributed by atoms with Crippen LogP contribution in [0.5, 0.6) is 17.2 Å². The van der Waals surface area contributed by atoms with E-state index in [1.165, 1.54) is 38.5 Å². The molecule has 39 heavy (non-hydrogen) atoms. The second-order valence-electron chi connectivity index (χ2n) is 9.06. The Morgan fingerprint density at radius 3 is 2.18 bits per heavy atom. The predicted octanol–water partition coefficient (Wildman–Crippen LogP) is 5.32. The van der Waals surface area contributed by atoms with Gasteiger partial charge in [0.05, 0.1) is 19.9 Å². The van der Waals surface area contributed by atoms with Crippen molar-refractivity contribution in [1.29, 1.82) is 0 Å². The molecule has 5 rings (SSSR count). The highest BCUT2D eigenvalue weighted by molar-refractivity contribution is 6.17. The molecule has 3 aromatic rings. The summed E-state index contributed by atoms with van der Waals surface area (Å²) in [6, 6.07) is 10.0. The molecule has 0 unspecified atom stereocenters. The Hall–Kier alpha value is -4.67. The summed E-state index contributed by atoms with van der Waals surface area (Å²) >= 11 is 0. The maximum absolute atomic E-state index is 15.0. The highest BCUT2D eigenvalue weighted by atomic mass is 19.1. The summed E-state index contributed by atoms with van der Waals surface area (Å²) in [7, 11) is 2.98. The molecule has 0 spiro atoms. The maximum atomic E-state index is 15.0. The van der Waals surface area contributed by atoms with Gasteiger partial charge in [0.25, 0.3) is 0 Å². The standard InChI is InChI=1S/C28H24F3N3O5/c1-37-24-11-17-20(14-25(24)38-2)32-10-7-22(17)39-23-13-18(30)21(12-19(23)31)34-27(36)28(8-9-28)26(35)33-16-5-3-15(29)4-6-16/h3-7,11-14,32H,8-10H2,1-2H3,(H,33,35)(H,34,36). The first-order chi connectivity index (χ1) is 18.7. The quantitative estimate of drug-likeness (QED) is 0.335. The van der Waals surface area contributed by atoms with Gasteiger partial charge in [0.15, 0.2) is 28.9 Å². The summed E-state index contributed by atoms with van der Waals surface area (Å²) in [5.41, 5.74) is -0.348. The van der Waals surface area contributed by atoms with Crippen molar-refractivity contribution in [2.75, 3.05) is 36.7 Å². The Morgan fingerprint density at radius 1 is 0.846 bits per heavy atom. The first-order valence-corrected chi connectivity index (χ1v) is 12.0. The van der Waals surface area contributed by atoms with Crippen LogP contribution in [-0.4, -0.2) is 32.6 Å². The van der Waals surface area contributed by atoms with Gasteiger partial charge < -0.3 is 30.2 Å². The lowest BCUT2D eigenvalue weighted by Gasteiger charge is -2.22. The Kier molecular flexibility index (Phi) is 6.81. The summed E-state index contributed by atoms with van der Waals surface area (Å²) in [5.74, 6) is -2.94. The molecule has 3 aromatic carbocycles. The largest absolute Gasteiger partial charge is 0.493 e. The van der Waals surface area contributed by atoms with Crippen LogP contribution in [0.15, 0.2) is 54.6 Å². The highest BCUT2D eigenvalue weighted by Gasteiger charge is 2.56. The van der Waals surface area contributed by atoms with Crippen molar-refractivity contribution in [2.45, 2.75) is 12.8 Å². The second-order valence-corrected chi connectivity index (χ2v) is 9.06. The summed E-state index contributed by atoms with van der Waals surface area (Å²) in [6.07, 6.45) is 2.12. The monoisotopic (exact) mass is 539 g/mol. The molecular weight excluding hydrogens is 515 g/mol. The number of anilines is 3. The van der Waals surface area contributed by atoms with Gasteiger partial charge in [-0.15, -0.1) is 0 Å². The van der Waals surface area contributed by atoms with Gasteiger partial charge >= 0.3 is 0 Å². The van der Waals surface area contributed by atoms with Gasteiger partial charge in [-0.3, -0.25) is 9.59 Å². The molecule has 2 aliphatic rings. The summed E-state index contributed by atoms with van der Waals surface area (Å²) < 4.78 is 59.5. The van der Waals surface area contributed by atoms with Gasteiger partial charge in [-0.2, -0.15) is 0 Å². The van der Waals surface area contributed by atoms with Gasteiger partial charge in [0, 0.05) is 41.7 Å². The molecule has 1 aliphatic carbocycles. The molecule has 0 bridgehead atoms. The number of carbonyl (C=O) groups excluding carboxylic acids is 2. The van der Waals surface area contributed by atoms with Crippen molar-refractivity contribution in [2.24, 2.45) is 5.41 Å². The van der Waals surface area contributed by atoms with Crippen LogP contribution in [0.1, 0.15) is 18.4 Å². The summed E-state index contributed by atoms with van der Waals surface area (Å²) in [5, 5.41) is 8.03. The number of ether oxygens (including phenoxy) is 3. The zero-order valence-corrected chi connectivity index (χ0v) is 21.0. The van der Waals surface area contributed by atoms with E-state index in [1.807, 2.05) is 0 Å². The zero-order valence-electron chi connectivity index (χ0n) is 21.0. The van der Waals surface area contributed by atoms with E-state index in [-0.39, 0.29) is 18.6 Å². The third-order valence-corrected chi connectivity index (χ3v) is 6.58. The molecule has 8 nitrogen and oxygen atoms in total. The number of carbonyl (C=O) groups is 2. The fraction of sp³-hybridized carbons (Fsp3) is 0.214. The van der Waals surface area contributed by atoms with Crippen molar-refractivity contribution < 1.29 is 37.0 Å². The molecule has 202 valence electrons. The Labute approximate surface area is 221 Å². The Bertz CT molecular complexity index is 1490. The second kappa shape index (κ2) is 10.2. The number of hydrogen-bond acceptors (Lipinski definition) is 6. The van der Waals surface area contributed by atoms with E-state index in [1.54, 1.807) is 18.2 Å². The minimum atomic E-state index is -1.43. The lowest BCUT2D eigenvalue weighted by Crippen LogP contribution is -2.35. The van der Waals surface area contributed by atoms with Crippen LogP contribution >= 0.6 is 0 Å². The molecule has 0 radical (unpaired) electrons. The maximum Gasteiger partial charge on any atom is 0.240 e. The smallest absolute Gasteiger partial charge is 0.240 e. The third kappa shape index (κ3) is 5.07. The minimum absolute atomic E-state index is 0.229. The van der Waals surface area contributed by atoms with Gasteiger partial charge in [0.2, 0.25) is 11.8 Å². The number of hydrogen-bond donors (Lipinski definition) is 3. The highest BCUT2D eigenvalue weighted by Crippen LogP contribution is 2.48. The fourth-order valence-corrected chi connectivity index (χ4v) is 4.22. The Balaban J connectivity index is 1.32. The molecule has 3 N–H and O–H groups in total. The SMILES string of the molecule is COc1cc2c(cc1OC)C(Oc1cc(F)c(NC(=O)C3(C(=O)Nc4ccc(F)cc4)CC3)cc1F)=CCN2. The number of benzene rings is 3. The van der Waals surface area contributed by atoms with E-state index in [0.29, 0.717) is 35.0 Å². The van der Waals surface area contributed by atoms with Gasteiger partial charge in [-0.1, -0.05) is 0 Å². The van der Waals surface area contributed by atoms with E-state index in [9.17, 15) is 18.4 Å². The van der Waals surface area contributed by atoms with E-state index in [0.717, 1.165) is 12.1 Å². The van der Waals surface area contributed by atoms with Crippen LogP contribution < -0.4 is 30.2 Å². The molecule has 0 aromatic heterocycles. The number of methoxy groups -OCH3 is 2. The molecule has 1 aliphatic heterocycles. The molecule has 1 saturated carbocycles. The van der Waals surface area contributed by atoms with Crippen molar-refractivity contribution in [1.82, 2.24) is 0 Å². The van der Waals surface area contributed by atoms with Crippen LogP contribution in [0, 0.1) is 22.9 Å². The normalized spacial score (nSPS) is 14.7. The Morgan fingerprint density at radius 2 is 1.51 bits per heavy atom. The lowest BCUT2D eigenvalue weighted by atomic mass is 10.0. The van der Waals surface area contributed by atoms with Crippen molar-refractivity contribution in [3.05, 3.63) is 77.6 Å². The minimum Gasteiger partial charge on any atom is -0.493 e.